The van der Waals surface area contributed by atoms with Gasteiger partial charge < -0.3 is 34.8 Å². The third kappa shape index (κ3) is 8.79. The molecular weight excluding hydrogens is 536 g/mol. The Morgan fingerprint density at radius 3 is 2.56 bits per heavy atom. The first kappa shape index (κ1) is 28.5. The van der Waals surface area contributed by atoms with Crippen molar-refractivity contribution >= 4 is 29.3 Å². The van der Waals surface area contributed by atoms with Crippen molar-refractivity contribution in [2.75, 3.05) is 12.3 Å². The predicted octanol–water partition coefficient (Wildman–Crippen LogP) is 0.795. The summed E-state index contributed by atoms with van der Waals surface area (Å²) in [7, 11) is -16.9. The Kier molecular flexibility index (Phi) is 8.78. The minimum atomic E-state index is -5.78. The maximum absolute atomic E-state index is 14.3. The van der Waals surface area contributed by atoms with Crippen molar-refractivity contribution in [2.24, 2.45) is 5.11 Å². The number of nitrogens with zero attached hydrogens (tertiary/aromatic N) is 5. The second kappa shape index (κ2) is 10.5. The van der Waals surface area contributed by atoms with Gasteiger partial charge in [-0.1, -0.05) is 0 Å². The molecule has 0 aromatic carbocycles. The normalized spacial score (nSPS) is 26.1. The molecule has 1 aliphatic rings. The highest BCUT2D eigenvalue weighted by Gasteiger charge is 2.45. The van der Waals surface area contributed by atoms with Crippen molar-refractivity contribution in [1.82, 2.24) is 9.55 Å². The average Bonchev–Trinajstić information content (AvgIpc) is 2.98. The molecule has 0 spiro atoms. The smallest absolute Gasteiger partial charge is 0.383 e. The number of aromatic nitrogens is 2. The van der Waals surface area contributed by atoms with Crippen molar-refractivity contribution in [2.45, 2.75) is 37.8 Å². The molecule has 192 valence electrons. The lowest BCUT2D eigenvalue weighted by atomic mass is 10.2. The number of hydrogen-bond donors (Lipinski definition) is 5. The molecule has 0 bridgehead atoms. The Morgan fingerprint density at radius 2 is 2.00 bits per heavy atom. The van der Waals surface area contributed by atoms with E-state index in [0.717, 1.165) is 11.5 Å². The van der Waals surface area contributed by atoms with Gasteiger partial charge >= 0.3 is 29.2 Å². The van der Waals surface area contributed by atoms with Crippen LogP contribution < -0.4 is 11.4 Å². The number of halogens is 1. The molecule has 1 aliphatic heterocycles. The predicted molar refractivity (Wildman–Crippen MR) is 105 cm³/mol. The van der Waals surface area contributed by atoms with Crippen LogP contribution in [0.3, 0.4) is 0 Å². The molecule has 1 fully saturated rings. The molecule has 19 nitrogen and oxygen atoms in total. The van der Waals surface area contributed by atoms with Crippen molar-refractivity contribution in [1.29, 1.82) is 0 Å². The third-order valence-corrected chi connectivity index (χ3v) is 7.55. The summed E-state index contributed by atoms with van der Waals surface area (Å²) in [6.45, 7) is -0.287. The van der Waals surface area contributed by atoms with Crippen LogP contribution >= 0.6 is 23.5 Å². The number of phosphoric acid groups is 3. The minimum absolute atomic E-state index is 0.115. The molecule has 1 saturated heterocycles. The highest BCUT2D eigenvalue weighted by molar-refractivity contribution is 7.66. The fourth-order valence-electron chi connectivity index (χ4n) is 2.64. The summed E-state index contributed by atoms with van der Waals surface area (Å²) in [5.41, 5.74) is 13.0. The second-order valence-corrected chi connectivity index (χ2v) is 10.9. The van der Waals surface area contributed by atoms with Gasteiger partial charge in [-0.15, -0.1) is 0 Å². The van der Waals surface area contributed by atoms with E-state index in [2.05, 4.69) is 28.2 Å². The maximum Gasteiger partial charge on any atom is 0.490 e. The van der Waals surface area contributed by atoms with Crippen LogP contribution in [0, 0.1) is 0 Å². The molecule has 4 unspecified atom stereocenters. The first-order valence-electron chi connectivity index (χ1n) is 8.63. The van der Waals surface area contributed by atoms with E-state index in [0.29, 0.717) is 0 Å². The van der Waals surface area contributed by atoms with Gasteiger partial charge in [0.15, 0.2) is 0 Å². The first-order valence-corrected chi connectivity index (χ1v) is 13.2. The van der Waals surface area contributed by atoms with Crippen molar-refractivity contribution in [3.05, 3.63) is 33.2 Å². The minimum Gasteiger partial charge on any atom is -0.383 e. The highest BCUT2D eigenvalue weighted by Crippen LogP contribution is 2.66. The van der Waals surface area contributed by atoms with Gasteiger partial charge in [-0.2, -0.15) is 13.6 Å². The molecule has 6 atom stereocenters. The quantitative estimate of drug-likeness (QED) is 0.0830. The van der Waals surface area contributed by atoms with Gasteiger partial charge in [-0.3, -0.25) is 9.09 Å². The van der Waals surface area contributed by atoms with E-state index >= 15 is 0 Å². The summed E-state index contributed by atoms with van der Waals surface area (Å²) in [4.78, 5) is 53.6. The van der Waals surface area contributed by atoms with E-state index < -0.39 is 60.2 Å². The molecule has 2 heterocycles. The van der Waals surface area contributed by atoms with Crippen LogP contribution in [0.2, 0.25) is 0 Å². The number of anilines is 1. The molecule has 2 rings (SSSR count). The van der Waals surface area contributed by atoms with Crippen molar-refractivity contribution < 1.29 is 60.3 Å². The maximum atomic E-state index is 14.3. The fourth-order valence-corrected chi connectivity index (χ4v) is 5.67. The van der Waals surface area contributed by atoms with Crippen LogP contribution in [0.25, 0.3) is 10.4 Å². The SMILES string of the molecule is CC(F)(N=[N+]=[N-])OC1C[C@H](n2ccc(N)nc2=O)O[C@@H]1COP(=O)(O)OP(=O)(O)OP(=O)(O)O. The van der Waals surface area contributed by atoms with Crippen LogP contribution in [0.15, 0.2) is 22.2 Å². The summed E-state index contributed by atoms with van der Waals surface area (Å²) < 4.78 is 71.3. The number of nitrogens with two attached hydrogens (primary N) is 1. The van der Waals surface area contributed by atoms with E-state index in [1.165, 1.54) is 12.3 Å². The Hall–Kier alpha value is -1.75. The fraction of sp³-hybridized carbons (Fsp3) is 0.636. The van der Waals surface area contributed by atoms with Gasteiger partial charge in [-0.25, -0.2) is 22.9 Å². The van der Waals surface area contributed by atoms with Gasteiger partial charge in [0.05, 0.1) is 12.7 Å². The van der Waals surface area contributed by atoms with E-state index in [1.807, 2.05) is 0 Å². The lowest BCUT2D eigenvalue weighted by Crippen LogP contribution is -2.35. The molecular formula is C11H18FN6O13P3. The van der Waals surface area contributed by atoms with Gasteiger partial charge in [0, 0.05) is 24.5 Å². The van der Waals surface area contributed by atoms with Crippen LogP contribution in [0.1, 0.15) is 19.6 Å². The Bertz CT molecular complexity index is 1150. The molecule has 0 saturated carbocycles. The van der Waals surface area contributed by atoms with E-state index in [4.69, 9.17) is 30.5 Å². The topological polar surface area (TPSA) is 288 Å². The Labute approximate surface area is 188 Å². The molecule has 0 radical (unpaired) electrons. The van der Waals surface area contributed by atoms with Crippen LogP contribution in [-0.4, -0.2) is 53.9 Å². The van der Waals surface area contributed by atoms with Crippen LogP contribution in [-0.2, 0) is 36.3 Å². The van der Waals surface area contributed by atoms with Gasteiger partial charge in [0.1, 0.15) is 18.1 Å². The summed E-state index contributed by atoms with van der Waals surface area (Å²) in [6.07, 6.45) is -3.22. The number of nitrogen functional groups attached to an aromatic ring is 1. The van der Waals surface area contributed by atoms with Gasteiger partial charge in [0.25, 0.3) is 5.98 Å². The number of rotatable bonds is 11. The van der Waals surface area contributed by atoms with E-state index in [1.54, 1.807) is 0 Å². The summed E-state index contributed by atoms with van der Waals surface area (Å²) in [6, 6.07) is 1.24. The molecule has 0 amide bonds. The van der Waals surface area contributed by atoms with Crippen molar-refractivity contribution in [3.63, 3.8) is 0 Å². The summed E-state index contributed by atoms with van der Waals surface area (Å²) >= 11 is 0. The zero-order valence-corrected chi connectivity index (χ0v) is 19.5. The van der Waals surface area contributed by atoms with E-state index in [-0.39, 0.29) is 12.2 Å². The first-order chi connectivity index (χ1) is 15.4. The van der Waals surface area contributed by atoms with Crippen molar-refractivity contribution in [3.8, 4) is 0 Å². The van der Waals surface area contributed by atoms with Crippen LogP contribution in [0.5, 0.6) is 0 Å². The molecule has 0 aliphatic carbocycles. The summed E-state index contributed by atoms with van der Waals surface area (Å²) in [5, 5.41) is 2.78. The summed E-state index contributed by atoms with van der Waals surface area (Å²) in [5.74, 6) is -3.05. The lowest BCUT2D eigenvalue weighted by Gasteiger charge is -2.24. The largest absolute Gasteiger partial charge is 0.490 e. The average molecular weight is 554 g/mol. The van der Waals surface area contributed by atoms with Crippen LogP contribution in [0.4, 0.5) is 10.2 Å². The standard InChI is InChI=1S/C11H18FN6O13P3/c1-11(12,16-17-14)29-6-4-9(18-3-2-8(13)15-10(18)19)28-7(6)5-27-33(23,24)31-34(25,26)30-32(20,21)22/h2-3,6-7,9H,4-5H2,1H3,(H,23,24)(H,25,26)(H2,13,15,19)(H2,20,21,22)/t6?,7-,9-,11?/m1/s1. The number of ether oxygens (including phenoxy) is 2. The monoisotopic (exact) mass is 554 g/mol. The molecule has 34 heavy (non-hydrogen) atoms. The third-order valence-electron chi connectivity index (χ3n) is 3.75. The number of azide groups is 1. The number of alkyl halides is 1. The van der Waals surface area contributed by atoms with Gasteiger partial charge in [0.2, 0.25) is 0 Å². The Morgan fingerprint density at radius 1 is 1.35 bits per heavy atom. The molecule has 1 aromatic rings. The number of phosphoric ester groups is 1. The Balaban J connectivity index is 2.20. The molecule has 6 N–H and O–H groups in total. The highest BCUT2D eigenvalue weighted by atomic mass is 31.3. The zero-order valence-electron chi connectivity index (χ0n) is 16.8. The van der Waals surface area contributed by atoms with Gasteiger partial charge in [-0.05, 0) is 16.7 Å². The second-order valence-electron chi connectivity index (χ2n) is 6.51. The molecule has 23 heteroatoms. The zero-order chi connectivity index (χ0) is 25.9. The molecule has 1 aromatic heterocycles. The lowest BCUT2D eigenvalue weighted by molar-refractivity contribution is -0.178. The number of hydrogen-bond acceptors (Lipinski definition) is 12. The van der Waals surface area contributed by atoms with E-state index in [9.17, 15) is 32.7 Å².